The van der Waals surface area contributed by atoms with Gasteiger partial charge in [-0.15, -0.1) is 5.10 Å². The zero-order chi connectivity index (χ0) is 16.9. The number of alkyl halides is 4. The van der Waals surface area contributed by atoms with E-state index < -0.39 is 43.5 Å². The molecule has 0 bridgehead atoms. The Morgan fingerprint density at radius 3 is 2.41 bits per heavy atom. The summed E-state index contributed by atoms with van der Waals surface area (Å²) in [5.74, 6) is 0. The van der Waals surface area contributed by atoms with Crippen LogP contribution in [0.15, 0.2) is 11.1 Å². The number of hydrogen-bond acceptors (Lipinski definition) is 6. The Morgan fingerprint density at radius 1 is 1.36 bits per heavy atom. The molecular weight excluding hydrogens is 332 g/mol. The van der Waals surface area contributed by atoms with Crippen LogP contribution in [0.5, 0.6) is 0 Å². The molecule has 1 aromatic rings. The molecule has 1 atom stereocenters. The molecule has 2 rings (SSSR count). The third-order valence-electron chi connectivity index (χ3n) is 2.70. The van der Waals surface area contributed by atoms with Gasteiger partial charge in [-0.25, -0.2) is 12.8 Å². The summed E-state index contributed by atoms with van der Waals surface area (Å²) < 4.78 is 76.8. The van der Waals surface area contributed by atoms with Gasteiger partial charge in [-0.3, -0.25) is 10.3 Å². The van der Waals surface area contributed by atoms with Gasteiger partial charge in [-0.1, -0.05) is 0 Å². The lowest BCUT2D eigenvalue weighted by atomic mass is 10.1. The van der Waals surface area contributed by atoms with E-state index in [-0.39, 0.29) is 0 Å². The standard InChI is InChI=1S/C10H12F4N4O3S/c1-9(2)4-5(17-21-9)22(19,20)8(11)6-7(10(12,13)14)16-18(3)15-6/h4,8,17H,1-3H3. The highest BCUT2D eigenvalue weighted by molar-refractivity contribution is 7.95. The van der Waals surface area contributed by atoms with Crippen molar-refractivity contribution in [3.63, 3.8) is 0 Å². The van der Waals surface area contributed by atoms with Crippen molar-refractivity contribution in [3.8, 4) is 0 Å². The van der Waals surface area contributed by atoms with Gasteiger partial charge in [-0.2, -0.15) is 23.1 Å². The Bertz CT molecular complexity index is 723. The largest absolute Gasteiger partial charge is 0.437 e. The summed E-state index contributed by atoms with van der Waals surface area (Å²) in [7, 11) is -3.76. The van der Waals surface area contributed by atoms with Crippen LogP contribution < -0.4 is 5.48 Å². The molecule has 124 valence electrons. The summed E-state index contributed by atoms with van der Waals surface area (Å²) in [6.45, 7) is 2.97. The van der Waals surface area contributed by atoms with Gasteiger partial charge in [0.05, 0.1) is 0 Å². The molecule has 1 N–H and O–H groups in total. The Hall–Kier alpha value is -1.69. The van der Waals surface area contributed by atoms with Crippen LogP contribution in [0.2, 0.25) is 0 Å². The second-order valence-electron chi connectivity index (χ2n) is 5.10. The van der Waals surface area contributed by atoms with Crippen molar-refractivity contribution < 1.29 is 30.8 Å². The Kier molecular flexibility index (Phi) is 3.72. The molecule has 0 radical (unpaired) electrons. The molecule has 0 saturated carbocycles. The molecule has 7 nitrogen and oxygen atoms in total. The van der Waals surface area contributed by atoms with E-state index in [1.807, 2.05) is 5.48 Å². The Morgan fingerprint density at radius 2 is 1.95 bits per heavy atom. The zero-order valence-electron chi connectivity index (χ0n) is 11.6. The van der Waals surface area contributed by atoms with Crippen LogP contribution in [0.4, 0.5) is 17.6 Å². The minimum absolute atomic E-state index is 0.456. The third kappa shape index (κ3) is 2.92. The highest BCUT2D eigenvalue weighted by Crippen LogP contribution is 2.38. The van der Waals surface area contributed by atoms with Gasteiger partial charge in [0.1, 0.15) is 11.3 Å². The van der Waals surface area contributed by atoms with Gasteiger partial charge in [-0.05, 0) is 19.9 Å². The second-order valence-corrected chi connectivity index (χ2v) is 7.04. The van der Waals surface area contributed by atoms with E-state index in [0.717, 1.165) is 13.1 Å². The summed E-state index contributed by atoms with van der Waals surface area (Å²) in [5, 5.41) is 5.50. The fourth-order valence-electron chi connectivity index (χ4n) is 1.73. The number of nitrogens with zero attached hydrogens (tertiary/aromatic N) is 3. The molecule has 0 aromatic carbocycles. The molecule has 22 heavy (non-hydrogen) atoms. The fraction of sp³-hybridized carbons (Fsp3) is 0.600. The van der Waals surface area contributed by atoms with Gasteiger partial charge in [0.2, 0.25) is 9.84 Å². The van der Waals surface area contributed by atoms with Crippen molar-refractivity contribution in [1.29, 1.82) is 0 Å². The first-order chi connectivity index (χ1) is 9.84. The molecule has 0 saturated heterocycles. The first kappa shape index (κ1) is 16.7. The predicted molar refractivity (Wildman–Crippen MR) is 65.2 cm³/mol. The minimum Gasteiger partial charge on any atom is -0.265 e. The molecule has 0 spiro atoms. The van der Waals surface area contributed by atoms with E-state index in [1.165, 1.54) is 13.8 Å². The number of halogens is 4. The second kappa shape index (κ2) is 4.91. The van der Waals surface area contributed by atoms with Gasteiger partial charge in [0, 0.05) is 7.05 Å². The van der Waals surface area contributed by atoms with Gasteiger partial charge >= 0.3 is 6.18 Å². The quantitative estimate of drug-likeness (QED) is 0.834. The number of sulfone groups is 1. The highest BCUT2D eigenvalue weighted by Gasteiger charge is 2.46. The summed E-state index contributed by atoms with van der Waals surface area (Å²) >= 11 is 0. The predicted octanol–water partition coefficient (Wildman–Crippen LogP) is 1.37. The molecule has 0 amide bonds. The molecule has 1 unspecified atom stereocenters. The molecule has 1 aliphatic rings. The zero-order valence-corrected chi connectivity index (χ0v) is 12.5. The molecule has 1 aliphatic heterocycles. The summed E-state index contributed by atoms with van der Waals surface area (Å²) in [6.07, 6.45) is -3.98. The lowest BCUT2D eigenvalue weighted by molar-refractivity contribution is -0.142. The van der Waals surface area contributed by atoms with Crippen LogP contribution in [-0.2, 0) is 27.9 Å². The number of hydroxylamine groups is 1. The van der Waals surface area contributed by atoms with E-state index in [4.69, 9.17) is 4.84 Å². The number of nitrogens with one attached hydrogen (secondary N) is 1. The van der Waals surface area contributed by atoms with E-state index >= 15 is 0 Å². The summed E-state index contributed by atoms with van der Waals surface area (Å²) in [6, 6.07) is 0. The van der Waals surface area contributed by atoms with Crippen LogP contribution in [0.25, 0.3) is 0 Å². The first-order valence-electron chi connectivity index (χ1n) is 5.88. The van der Waals surface area contributed by atoms with Crippen molar-refractivity contribution in [2.75, 3.05) is 0 Å². The van der Waals surface area contributed by atoms with Gasteiger partial charge < -0.3 is 0 Å². The summed E-state index contributed by atoms with van der Waals surface area (Å²) in [5.41, 5.74) is -5.09. The Balaban J connectivity index is 2.47. The minimum atomic E-state index is -5.03. The topological polar surface area (TPSA) is 86.1 Å². The van der Waals surface area contributed by atoms with E-state index in [1.54, 1.807) is 0 Å². The molecular formula is C10H12F4N4O3S. The maximum absolute atomic E-state index is 14.3. The van der Waals surface area contributed by atoms with Crippen LogP contribution in [0.3, 0.4) is 0 Å². The fourth-order valence-corrected chi connectivity index (χ4v) is 3.01. The van der Waals surface area contributed by atoms with Crippen molar-refractivity contribution in [3.05, 3.63) is 22.5 Å². The van der Waals surface area contributed by atoms with Crippen molar-refractivity contribution in [2.45, 2.75) is 31.1 Å². The maximum atomic E-state index is 14.3. The van der Waals surface area contributed by atoms with Crippen LogP contribution in [0.1, 0.15) is 30.7 Å². The third-order valence-corrected chi connectivity index (χ3v) is 4.28. The van der Waals surface area contributed by atoms with Crippen LogP contribution >= 0.6 is 0 Å². The number of hydrogen-bond donors (Lipinski definition) is 1. The normalized spacial score (nSPS) is 19.7. The van der Waals surface area contributed by atoms with E-state index in [0.29, 0.717) is 4.80 Å². The van der Waals surface area contributed by atoms with Crippen LogP contribution in [0, 0.1) is 0 Å². The van der Waals surface area contributed by atoms with Gasteiger partial charge in [0.25, 0.3) is 5.50 Å². The highest BCUT2D eigenvalue weighted by atomic mass is 32.2. The average molecular weight is 344 g/mol. The molecule has 0 fully saturated rings. The number of rotatable bonds is 3. The Labute approximate surface area is 122 Å². The SMILES string of the molecule is Cn1nc(C(F)S(=O)(=O)C2=CC(C)(C)ON2)c(C(F)(F)F)n1. The van der Waals surface area contributed by atoms with Crippen molar-refractivity contribution in [1.82, 2.24) is 20.5 Å². The van der Waals surface area contributed by atoms with Crippen LogP contribution in [-0.4, -0.2) is 29.0 Å². The first-order valence-corrected chi connectivity index (χ1v) is 7.42. The van der Waals surface area contributed by atoms with E-state index in [9.17, 15) is 26.0 Å². The molecule has 12 heteroatoms. The van der Waals surface area contributed by atoms with Crippen molar-refractivity contribution >= 4 is 9.84 Å². The molecule has 2 heterocycles. The smallest absolute Gasteiger partial charge is 0.265 e. The van der Waals surface area contributed by atoms with E-state index in [2.05, 4.69) is 10.2 Å². The lowest BCUT2D eigenvalue weighted by Crippen LogP contribution is -2.24. The average Bonchev–Trinajstić information content (AvgIpc) is 2.90. The maximum Gasteiger partial charge on any atom is 0.437 e. The molecule has 0 aliphatic carbocycles. The number of aryl methyl sites for hydroxylation is 1. The van der Waals surface area contributed by atoms with Gasteiger partial charge in [0.15, 0.2) is 10.7 Å². The summed E-state index contributed by atoms with van der Waals surface area (Å²) in [4.78, 5) is 5.33. The monoisotopic (exact) mass is 344 g/mol. The lowest BCUT2D eigenvalue weighted by Gasteiger charge is -2.12. The number of aromatic nitrogens is 3. The molecule has 1 aromatic heterocycles. The van der Waals surface area contributed by atoms with Crippen molar-refractivity contribution in [2.24, 2.45) is 7.05 Å².